The standard InChI is InChI=1S/C16H19BrClNO2/c1-10-5-13(17)11(6-14(10)18)7-19-8-12-3-2-4-16(12,9-19)15(20)21/h5-6,12H,2-4,7-9H2,1H3,(H,20,21)/t12-,16+/m0/s1. The van der Waals surface area contributed by atoms with Crippen LogP contribution in [0, 0.1) is 18.3 Å². The lowest BCUT2D eigenvalue weighted by atomic mass is 9.81. The summed E-state index contributed by atoms with van der Waals surface area (Å²) in [6, 6.07) is 4.02. The molecule has 0 unspecified atom stereocenters. The number of hydrogen-bond donors (Lipinski definition) is 1. The van der Waals surface area contributed by atoms with E-state index in [1.807, 2.05) is 19.1 Å². The molecular weight excluding hydrogens is 354 g/mol. The summed E-state index contributed by atoms with van der Waals surface area (Å²) in [7, 11) is 0. The highest BCUT2D eigenvalue weighted by molar-refractivity contribution is 9.10. The Labute approximate surface area is 138 Å². The molecule has 3 rings (SSSR count). The minimum atomic E-state index is -0.617. The Morgan fingerprint density at radius 1 is 1.57 bits per heavy atom. The third kappa shape index (κ3) is 2.62. The van der Waals surface area contributed by atoms with E-state index >= 15 is 0 Å². The van der Waals surface area contributed by atoms with Gasteiger partial charge in [-0.15, -0.1) is 0 Å². The summed E-state index contributed by atoms with van der Waals surface area (Å²) < 4.78 is 1.05. The van der Waals surface area contributed by atoms with Crippen LogP contribution in [0.3, 0.4) is 0 Å². The number of carboxylic acid groups (broad SMARTS) is 1. The van der Waals surface area contributed by atoms with E-state index in [0.717, 1.165) is 53.0 Å². The largest absolute Gasteiger partial charge is 0.481 e. The zero-order chi connectivity index (χ0) is 15.2. The number of carbonyl (C=O) groups is 1. The molecular formula is C16H19BrClNO2. The molecule has 0 bridgehead atoms. The summed E-state index contributed by atoms with van der Waals surface area (Å²) in [5.41, 5.74) is 1.67. The van der Waals surface area contributed by atoms with Crippen LogP contribution in [0.5, 0.6) is 0 Å². The van der Waals surface area contributed by atoms with Crippen LogP contribution in [-0.4, -0.2) is 29.1 Å². The van der Waals surface area contributed by atoms with E-state index in [-0.39, 0.29) is 0 Å². The van der Waals surface area contributed by atoms with Gasteiger partial charge in [0.05, 0.1) is 5.41 Å². The number of nitrogens with zero attached hydrogens (tertiary/aromatic N) is 1. The van der Waals surface area contributed by atoms with Crippen molar-refractivity contribution in [2.75, 3.05) is 13.1 Å². The van der Waals surface area contributed by atoms with Crippen molar-refractivity contribution in [1.82, 2.24) is 4.90 Å². The average Bonchev–Trinajstić information content (AvgIpc) is 2.93. The van der Waals surface area contributed by atoms with Crippen LogP contribution in [0.25, 0.3) is 0 Å². The molecule has 2 aliphatic rings. The smallest absolute Gasteiger partial charge is 0.311 e. The summed E-state index contributed by atoms with van der Waals surface area (Å²) in [6.07, 6.45) is 2.91. The molecule has 0 spiro atoms. The fourth-order valence-corrected chi connectivity index (χ4v) is 4.68. The van der Waals surface area contributed by atoms with Crippen molar-refractivity contribution in [3.63, 3.8) is 0 Å². The van der Waals surface area contributed by atoms with Crippen LogP contribution in [0.2, 0.25) is 5.02 Å². The molecule has 1 aromatic carbocycles. The van der Waals surface area contributed by atoms with Crippen molar-refractivity contribution >= 4 is 33.5 Å². The lowest BCUT2D eigenvalue weighted by molar-refractivity contribution is -0.149. The maximum Gasteiger partial charge on any atom is 0.311 e. The maximum absolute atomic E-state index is 11.7. The summed E-state index contributed by atoms with van der Waals surface area (Å²) in [5.74, 6) is -0.316. The zero-order valence-corrected chi connectivity index (χ0v) is 14.4. The van der Waals surface area contributed by atoms with Crippen LogP contribution in [-0.2, 0) is 11.3 Å². The zero-order valence-electron chi connectivity index (χ0n) is 12.0. The highest BCUT2D eigenvalue weighted by Gasteiger charge is 2.54. The van der Waals surface area contributed by atoms with Gasteiger partial charge in [-0.05, 0) is 48.9 Å². The third-order valence-corrected chi connectivity index (χ3v) is 6.23. The van der Waals surface area contributed by atoms with Gasteiger partial charge in [-0.3, -0.25) is 9.69 Å². The molecule has 0 aromatic heterocycles. The van der Waals surface area contributed by atoms with E-state index in [1.54, 1.807) is 0 Å². The van der Waals surface area contributed by atoms with Gasteiger partial charge in [0, 0.05) is 29.1 Å². The van der Waals surface area contributed by atoms with Crippen molar-refractivity contribution in [2.24, 2.45) is 11.3 Å². The number of aliphatic carboxylic acids is 1. The molecule has 3 nitrogen and oxygen atoms in total. The van der Waals surface area contributed by atoms with Gasteiger partial charge in [0.1, 0.15) is 0 Å². The predicted octanol–water partition coefficient (Wildman–Crippen LogP) is 4.10. The molecule has 2 fully saturated rings. The first kappa shape index (κ1) is 15.3. The number of benzene rings is 1. The Bertz CT molecular complexity index is 592. The third-order valence-electron chi connectivity index (χ3n) is 5.09. The van der Waals surface area contributed by atoms with E-state index in [9.17, 15) is 9.90 Å². The minimum absolute atomic E-state index is 0.301. The molecule has 1 aliphatic carbocycles. The second-order valence-corrected chi connectivity index (χ2v) is 7.67. The lowest BCUT2D eigenvalue weighted by Gasteiger charge is -2.23. The predicted molar refractivity (Wildman–Crippen MR) is 86.6 cm³/mol. The van der Waals surface area contributed by atoms with Gasteiger partial charge in [-0.2, -0.15) is 0 Å². The SMILES string of the molecule is Cc1cc(Br)c(CN2C[C@@H]3CCC[C@@]3(C(=O)O)C2)cc1Cl. The first-order chi connectivity index (χ1) is 9.92. The number of carboxylic acids is 1. The molecule has 1 aliphatic heterocycles. The number of aryl methyl sites for hydroxylation is 1. The van der Waals surface area contributed by atoms with Gasteiger partial charge >= 0.3 is 5.97 Å². The molecule has 0 amide bonds. The van der Waals surface area contributed by atoms with Gasteiger partial charge in [0.2, 0.25) is 0 Å². The minimum Gasteiger partial charge on any atom is -0.481 e. The van der Waals surface area contributed by atoms with Crippen molar-refractivity contribution in [2.45, 2.75) is 32.7 Å². The van der Waals surface area contributed by atoms with Crippen molar-refractivity contribution in [3.05, 3.63) is 32.8 Å². The van der Waals surface area contributed by atoms with Crippen LogP contribution in [0.1, 0.15) is 30.4 Å². The Kier molecular flexibility index (Phi) is 4.06. The van der Waals surface area contributed by atoms with Gasteiger partial charge in [0.25, 0.3) is 0 Å². The number of likely N-dealkylation sites (tertiary alicyclic amines) is 1. The number of fused-ring (bicyclic) bond motifs is 1. The van der Waals surface area contributed by atoms with Crippen LogP contribution < -0.4 is 0 Å². The molecule has 1 heterocycles. The monoisotopic (exact) mass is 371 g/mol. The highest BCUT2D eigenvalue weighted by atomic mass is 79.9. The summed E-state index contributed by atoms with van der Waals surface area (Å²) in [6.45, 7) is 4.28. The molecule has 1 aromatic rings. The van der Waals surface area contributed by atoms with E-state index in [1.165, 1.54) is 0 Å². The molecule has 21 heavy (non-hydrogen) atoms. The Hall–Kier alpha value is -0.580. The second kappa shape index (κ2) is 5.56. The quantitative estimate of drug-likeness (QED) is 0.868. The topological polar surface area (TPSA) is 40.5 Å². The molecule has 5 heteroatoms. The Balaban J connectivity index is 1.79. The molecule has 1 saturated carbocycles. The van der Waals surface area contributed by atoms with Crippen LogP contribution >= 0.6 is 27.5 Å². The Morgan fingerprint density at radius 2 is 2.33 bits per heavy atom. The van der Waals surface area contributed by atoms with Crippen molar-refractivity contribution < 1.29 is 9.90 Å². The molecule has 0 radical (unpaired) electrons. The first-order valence-corrected chi connectivity index (χ1v) is 8.50. The van der Waals surface area contributed by atoms with Gasteiger partial charge in [-0.25, -0.2) is 0 Å². The molecule has 114 valence electrons. The van der Waals surface area contributed by atoms with Gasteiger partial charge in [-0.1, -0.05) is 34.0 Å². The second-order valence-electron chi connectivity index (χ2n) is 6.41. The van der Waals surface area contributed by atoms with Crippen molar-refractivity contribution in [3.8, 4) is 0 Å². The molecule has 2 atom stereocenters. The Morgan fingerprint density at radius 3 is 3.00 bits per heavy atom. The maximum atomic E-state index is 11.7. The van der Waals surface area contributed by atoms with Crippen molar-refractivity contribution in [1.29, 1.82) is 0 Å². The first-order valence-electron chi connectivity index (χ1n) is 7.32. The van der Waals surface area contributed by atoms with E-state index in [2.05, 4.69) is 20.8 Å². The summed E-state index contributed by atoms with van der Waals surface area (Å²) in [5, 5.41) is 10.4. The van der Waals surface area contributed by atoms with E-state index < -0.39 is 11.4 Å². The lowest BCUT2D eigenvalue weighted by Crippen LogP contribution is -2.35. The fraction of sp³-hybridized carbons (Fsp3) is 0.562. The van der Waals surface area contributed by atoms with E-state index in [0.29, 0.717) is 12.5 Å². The summed E-state index contributed by atoms with van der Waals surface area (Å²) >= 11 is 9.80. The number of hydrogen-bond acceptors (Lipinski definition) is 2. The summed E-state index contributed by atoms with van der Waals surface area (Å²) in [4.78, 5) is 14.0. The average molecular weight is 373 g/mol. The van der Waals surface area contributed by atoms with Gasteiger partial charge < -0.3 is 5.11 Å². The van der Waals surface area contributed by atoms with Crippen LogP contribution in [0.15, 0.2) is 16.6 Å². The normalized spacial score (nSPS) is 28.8. The number of halogens is 2. The highest BCUT2D eigenvalue weighted by Crippen LogP contribution is 2.49. The molecule has 1 saturated heterocycles. The number of rotatable bonds is 3. The van der Waals surface area contributed by atoms with Gasteiger partial charge in [0.15, 0.2) is 0 Å². The fourth-order valence-electron chi connectivity index (χ4n) is 3.91. The van der Waals surface area contributed by atoms with E-state index in [4.69, 9.17) is 11.6 Å². The molecule has 1 N–H and O–H groups in total. The van der Waals surface area contributed by atoms with Crippen LogP contribution in [0.4, 0.5) is 0 Å².